The Labute approximate surface area is 146 Å². The van der Waals surface area contributed by atoms with Crippen LogP contribution in [0.5, 0.6) is 0 Å². The van der Waals surface area contributed by atoms with Crippen LogP contribution < -0.4 is 5.32 Å². The second kappa shape index (κ2) is 6.14. The quantitative estimate of drug-likeness (QED) is 0.834. The number of dihydropyridines is 1. The highest BCUT2D eigenvalue weighted by molar-refractivity contribution is 6.06. The molecule has 1 unspecified atom stereocenters. The summed E-state index contributed by atoms with van der Waals surface area (Å²) in [4.78, 5) is 25.6. The molecular weight excluding hydrogens is 321 g/mol. The Balaban J connectivity index is 2.21. The Morgan fingerprint density at radius 1 is 1.28 bits per heavy atom. The molecule has 1 N–H and O–H groups in total. The number of allylic oxidation sites excluding steroid dienone is 3. The molecule has 1 atom stereocenters. The van der Waals surface area contributed by atoms with Crippen LogP contribution in [0.25, 0.3) is 0 Å². The van der Waals surface area contributed by atoms with Gasteiger partial charge >= 0.3 is 5.97 Å². The maximum absolute atomic E-state index is 13.4. The maximum atomic E-state index is 13.4. The fraction of sp³-hybridized carbons (Fsp3) is 0.400. The predicted molar refractivity (Wildman–Crippen MR) is 92.0 cm³/mol. The fourth-order valence-corrected chi connectivity index (χ4v) is 3.65. The van der Waals surface area contributed by atoms with Gasteiger partial charge in [-0.05, 0) is 37.5 Å². The molecule has 0 amide bonds. The van der Waals surface area contributed by atoms with Crippen molar-refractivity contribution in [2.45, 2.75) is 39.5 Å². The summed E-state index contributed by atoms with van der Waals surface area (Å²) in [6, 6.07) is 5.95. The van der Waals surface area contributed by atoms with E-state index >= 15 is 0 Å². The number of methoxy groups -OCH3 is 1. The first-order chi connectivity index (χ1) is 11.8. The van der Waals surface area contributed by atoms with Gasteiger partial charge in [0.2, 0.25) is 0 Å². The number of carbonyl (C=O) groups excluding carboxylic acids is 2. The van der Waals surface area contributed by atoms with E-state index in [1.165, 1.54) is 19.2 Å². The van der Waals surface area contributed by atoms with E-state index in [0.29, 0.717) is 22.4 Å². The number of ketones is 1. The van der Waals surface area contributed by atoms with Crippen LogP contribution in [-0.2, 0) is 14.3 Å². The fourth-order valence-electron chi connectivity index (χ4n) is 3.65. The molecule has 25 heavy (non-hydrogen) atoms. The van der Waals surface area contributed by atoms with Gasteiger partial charge in [0.05, 0.1) is 12.7 Å². The zero-order valence-electron chi connectivity index (χ0n) is 14.9. The Morgan fingerprint density at radius 2 is 1.92 bits per heavy atom. The van der Waals surface area contributed by atoms with E-state index in [-0.39, 0.29) is 11.6 Å². The number of hydrogen-bond donors (Lipinski definition) is 1. The van der Waals surface area contributed by atoms with Crippen molar-refractivity contribution >= 4 is 11.8 Å². The molecule has 1 aliphatic heterocycles. The third-order valence-electron chi connectivity index (χ3n) is 5.11. The van der Waals surface area contributed by atoms with Gasteiger partial charge in [-0.3, -0.25) is 4.79 Å². The van der Waals surface area contributed by atoms with Crippen molar-refractivity contribution < 1.29 is 18.7 Å². The van der Waals surface area contributed by atoms with Crippen LogP contribution in [-0.4, -0.2) is 18.9 Å². The number of carbonyl (C=O) groups is 2. The average molecular weight is 343 g/mol. The van der Waals surface area contributed by atoms with Gasteiger partial charge in [-0.25, -0.2) is 9.18 Å². The van der Waals surface area contributed by atoms with Crippen molar-refractivity contribution in [3.63, 3.8) is 0 Å². The molecule has 4 nitrogen and oxygen atoms in total. The lowest BCUT2D eigenvalue weighted by molar-refractivity contribution is -0.136. The number of halogens is 1. The van der Waals surface area contributed by atoms with E-state index in [1.807, 2.05) is 13.8 Å². The summed E-state index contributed by atoms with van der Waals surface area (Å²) >= 11 is 0. The zero-order chi connectivity index (χ0) is 18.4. The monoisotopic (exact) mass is 343 g/mol. The zero-order valence-corrected chi connectivity index (χ0v) is 14.9. The van der Waals surface area contributed by atoms with Crippen molar-refractivity contribution in [2.24, 2.45) is 5.41 Å². The SMILES string of the molecule is COC(=O)C1=C(C)NC2=C(C(=O)C(C)(C)CC2)C1c1ccc(F)cc1. The predicted octanol–water partition coefficient (Wildman–Crippen LogP) is 3.60. The lowest BCUT2D eigenvalue weighted by Crippen LogP contribution is -2.40. The summed E-state index contributed by atoms with van der Waals surface area (Å²) in [6.07, 6.45) is 1.48. The number of esters is 1. The Morgan fingerprint density at radius 3 is 2.52 bits per heavy atom. The van der Waals surface area contributed by atoms with Crippen LogP contribution in [0.2, 0.25) is 0 Å². The second-order valence-corrected chi connectivity index (χ2v) is 7.25. The Hall–Kier alpha value is -2.43. The molecule has 3 rings (SSSR count). The van der Waals surface area contributed by atoms with Gasteiger partial charge < -0.3 is 10.1 Å². The van der Waals surface area contributed by atoms with E-state index < -0.39 is 17.3 Å². The van der Waals surface area contributed by atoms with E-state index in [9.17, 15) is 14.0 Å². The summed E-state index contributed by atoms with van der Waals surface area (Å²) in [5.74, 6) is -1.37. The van der Waals surface area contributed by atoms with E-state index in [0.717, 1.165) is 18.5 Å². The number of Topliss-reactive ketones (excluding diaryl/α,β-unsaturated/α-hetero) is 1. The van der Waals surface area contributed by atoms with Crippen molar-refractivity contribution in [3.8, 4) is 0 Å². The number of nitrogens with one attached hydrogen (secondary N) is 1. The van der Waals surface area contributed by atoms with Crippen LogP contribution in [0.15, 0.2) is 46.8 Å². The normalized spacial score (nSPS) is 22.4. The topological polar surface area (TPSA) is 55.4 Å². The highest BCUT2D eigenvalue weighted by Crippen LogP contribution is 2.46. The summed E-state index contributed by atoms with van der Waals surface area (Å²) < 4.78 is 18.3. The molecule has 1 aromatic rings. The van der Waals surface area contributed by atoms with Gasteiger partial charge in [0.15, 0.2) is 5.78 Å². The molecule has 0 bridgehead atoms. The number of hydrogen-bond acceptors (Lipinski definition) is 4. The van der Waals surface area contributed by atoms with Gasteiger partial charge in [-0.2, -0.15) is 0 Å². The molecule has 1 heterocycles. The van der Waals surface area contributed by atoms with Crippen molar-refractivity contribution in [1.82, 2.24) is 5.32 Å². The summed E-state index contributed by atoms with van der Waals surface area (Å²) in [6.45, 7) is 5.64. The minimum Gasteiger partial charge on any atom is -0.466 e. The molecule has 132 valence electrons. The van der Waals surface area contributed by atoms with E-state index in [4.69, 9.17) is 4.74 Å². The molecule has 2 aliphatic rings. The number of rotatable bonds is 2. The van der Waals surface area contributed by atoms with Gasteiger partial charge in [0.25, 0.3) is 0 Å². The second-order valence-electron chi connectivity index (χ2n) is 7.25. The lowest BCUT2D eigenvalue weighted by Gasteiger charge is -2.39. The average Bonchev–Trinajstić information content (AvgIpc) is 2.58. The molecule has 0 saturated heterocycles. The largest absolute Gasteiger partial charge is 0.466 e. The minimum atomic E-state index is -0.545. The molecule has 0 fully saturated rings. The van der Waals surface area contributed by atoms with Crippen molar-refractivity contribution in [2.75, 3.05) is 7.11 Å². The van der Waals surface area contributed by atoms with Crippen LogP contribution in [0.4, 0.5) is 4.39 Å². The van der Waals surface area contributed by atoms with Crippen LogP contribution in [0.3, 0.4) is 0 Å². The Bertz CT molecular complexity index is 803. The first-order valence-electron chi connectivity index (χ1n) is 8.35. The molecule has 1 aromatic carbocycles. The van der Waals surface area contributed by atoms with E-state index in [2.05, 4.69) is 5.32 Å². The highest BCUT2D eigenvalue weighted by atomic mass is 19.1. The molecule has 1 aliphatic carbocycles. The van der Waals surface area contributed by atoms with E-state index in [1.54, 1.807) is 19.1 Å². The lowest BCUT2D eigenvalue weighted by atomic mass is 9.67. The Kier molecular flexibility index (Phi) is 4.27. The minimum absolute atomic E-state index is 0.0180. The molecule has 0 aromatic heterocycles. The number of benzene rings is 1. The molecule has 0 radical (unpaired) electrons. The summed E-state index contributed by atoms with van der Waals surface area (Å²) in [5.41, 5.74) is 2.73. The molecule has 5 heteroatoms. The van der Waals surface area contributed by atoms with Crippen molar-refractivity contribution in [3.05, 3.63) is 58.2 Å². The first kappa shape index (κ1) is 17.4. The smallest absolute Gasteiger partial charge is 0.336 e. The molecule has 0 spiro atoms. The van der Waals surface area contributed by atoms with Crippen molar-refractivity contribution in [1.29, 1.82) is 0 Å². The maximum Gasteiger partial charge on any atom is 0.336 e. The highest BCUT2D eigenvalue weighted by Gasteiger charge is 2.44. The van der Waals surface area contributed by atoms with Crippen LogP contribution in [0.1, 0.15) is 45.1 Å². The van der Waals surface area contributed by atoms with Crippen LogP contribution in [0, 0.1) is 11.2 Å². The van der Waals surface area contributed by atoms with Gasteiger partial charge in [-0.15, -0.1) is 0 Å². The summed E-state index contributed by atoms with van der Waals surface area (Å²) in [7, 11) is 1.32. The molecule has 0 saturated carbocycles. The van der Waals surface area contributed by atoms with Gasteiger partial charge in [0, 0.05) is 28.3 Å². The first-order valence-corrected chi connectivity index (χ1v) is 8.35. The van der Waals surface area contributed by atoms with Crippen LogP contribution >= 0.6 is 0 Å². The third-order valence-corrected chi connectivity index (χ3v) is 5.11. The number of ether oxygens (including phenoxy) is 1. The summed E-state index contributed by atoms with van der Waals surface area (Å²) in [5, 5.41) is 3.23. The third kappa shape index (κ3) is 2.88. The van der Waals surface area contributed by atoms with Gasteiger partial charge in [0.1, 0.15) is 5.82 Å². The van der Waals surface area contributed by atoms with Gasteiger partial charge in [-0.1, -0.05) is 26.0 Å². The molecular formula is C20H22FNO3. The standard InChI is InChI=1S/C20H22FNO3/c1-11-15(19(24)25-4)16(12-5-7-13(21)8-6-12)17-14(22-11)9-10-20(2,3)18(17)23/h5-8,16,22H,9-10H2,1-4H3.